The first kappa shape index (κ1) is 40.0. The lowest BCUT2D eigenvalue weighted by Gasteiger charge is -2.37. The Kier molecular flexibility index (Phi) is 16.0. The summed E-state index contributed by atoms with van der Waals surface area (Å²) in [6, 6.07) is 0. The number of quaternary nitrogens is 2. The Hall–Kier alpha value is -2.20. The van der Waals surface area contributed by atoms with Gasteiger partial charge in [-0.05, 0) is 61.2 Å². The number of hydrogen-bond donors (Lipinski definition) is 0. The molecule has 0 aromatic carbocycles. The van der Waals surface area contributed by atoms with Crippen molar-refractivity contribution in [1.82, 2.24) is 0 Å². The molecular formula is C36H66N2O8+2. The Bertz CT molecular complexity index is 916. The fraction of sp³-hybridized carbons (Fsp3) is 0.889. The van der Waals surface area contributed by atoms with Crippen molar-refractivity contribution in [3.05, 3.63) is 0 Å². The Balaban J connectivity index is 1.63. The largest absolute Gasteiger partial charge is 0.460 e. The highest BCUT2D eigenvalue weighted by atomic mass is 16.6. The second-order valence-corrected chi connectivity index (χ2v) is 16.3. The second kappa shape index (κ2) is 18.4. The number of rotatable bonds is 17. The number of ether oxygens (including phenoxy) is 4. The van der Waals surface area contributed by atoms with Crippen LogP contribution in [0.1, 0.15) is 92.9 Å². The monoisotopic (exact) mass is 654 g/mol. The van der Waals surface area contributed by atoms with Crippen LogP contribution in [0, 0.1) is 35.5 Å². The third-order valence-electron chi connectivity index (χ3n) is 10.1. The van der Waals surface area contributed by atoms with Gasteiger partial charge in [-0.2, -0.15) is 0 Å². The van der Waals surface area contributed by atoms with Gasteiger partial charge in [0.1, 0.15) is 38.5 Å². The molecule has 10 nitrogen and oxygen atoms in total. The number of nitrogens with zero attached hydrogens (tertiary/aromatic N) is 2. The lowest BCUT2D eigenvalue weighted by Crippen LogP contribution is -2.48. The molecule has 6 atom stereocenters. The first-order valence-corrected chi connectivity index (χ1v) is 17.7. The fourth-order valence-electron chi connectivity index (χ4n) is 6.93. The van der Waals surface area contributed by atoms with Gasteiger partial charge in [0.15, 0.2) is 13.1 Å². The zero-order valence-electron chi connectivity index (χ0n) is 30.7. The van der Waals surface area contributed by atoms with Gasteiger partial charge in [0, 0.05) is 0 Å². The van der Waals surface area contributed by atoms with Gasteiger partial charge in [-0.1, -0.05) is 54.4 Å². The van der Waals surface area contributed by atoms with E-state index >= 15 is 0 Å². The molecule has 2 fully saturated rings. The molecule has 0 bridgehead atoms. The summed E-state index contributed by atoms with van der Waals surface area (Å²) in [5.74, 6) is 1.44. The quantitative estimate of drug-likeness (QED) is 0.122. The van der Waals surface area contributed by atoms with Crippen LogP contribution in [0.15, 0.2) is 0 Å². The SMILES string of the molecule is CC(C)[C@H]1CC[C@H](C)C[C@H]1OC(=O)C[N+](C)(C)CCOC(=O)CCC(=O)OCC[N+](C)(C)CC(=O)O[C@H]1C[C@@H](C)CC[C@H]1C(C)C. The van der Waals surface area contributed by atoms with Gasteiger partial charge in [-0.15, -0.1) is 0 Å². The summed E-state index contributed by atoms with van der Waals surface area (Å²) < 4.78 is 23.3. The molecule has 0 heterocycles. The van der Waals surface area contributed by atoms with Crippen LogP contribution in [0.5, 0.6) is 0 Å². The minimum atomic E-state index is -0.480. The lowest BCUT2D eigenvalue weighted by molar-refractivity contribution is -0.883. The summed E-state index contributed by atoms with van der Waals surface area (Å²) >= 11 is 0. The van der Waals surface area contributed by atoms with Crippen molar-refractivity contribution in [3.63, 3.8) is 0 Å². The van der Waals surface area contributed by atoms with Crippen molar-refractivity contribution >= 4 is 23.9 Å². The Morgan fingerprint density at radius 2 is 0.935 bits per heavy atom. The van der Waals surface area contributed by atoms with E-state index in [9.17, 15) is 19.2 Å². The smallest absolute Gasteiger partial charge is 0.362 e. The highest BCUT2D eigenvalue weighted by Crippen LogP contribution is 2.36. The van der Waals surface area contributed by atoms with Gasteiger partial charge < -0.3 is 27.9 Å². The maximum Gasteiger partial charge on any atom is 0.362 e. The predicted octanol–water partition coefficient (Wildman–Crippen LogP) is 5.01. The van der Waals surface area contributed by atoms with Crippen LogP contribution in [0.25, 0.3) is 0 Å². The highest BCUT2D eigenvalue weighted by Gasteiger charge is 2.36. The van der Waals surface area contributed by atoms with E-state index in [1.807, 2.05) is 28.2 Å². The molecule has 46 heavy (non-hydrogen) atoms. The van der Waals surface area contributed by atoms with E-state index in [4.69, 9.17) is 18.9 Å². The standard InChI is InChI=1S/C36H66N2O8/c1-25(2)29-13-11-27(5)21-31(29)45-35(41)23-37(7,8)17-19-43-33(39)15-16-34(40)44-20-18-38(9,10)24-36(42)46-32-22-28(6)12-14-30(32)26(3)4/h25-32H,11-24H2,1-10H3/q+2/t27-,28-,29-,30+,31-,32+/m0/s1. The average Bonchev–Trinajstić information content (AvgIpc) is 2.90. The van der Waals surface area contributed by atoms with E-state index in [2.05, 4.69) is 41.5 Å². The van der Waals surface area contributed by atoms with E-state index in [-0.39, 0.29) is 63.3 Å². The molecule has 0 N–H and O–H groups in total. The maximum absolute atomic E-state index is 12.8. The molecule has 0 aromatic rings. The lowest BCUT2D eigenvalue weighted by atomic mass is 9.75. The molecule has 0 aromatic heterocycles. The normalized spacial score (nSPS) is 25.7. The summed E-state index contributed by atoms with van der Waals surface area (Å²) in [7, 11) is 7.64. The molecule has 0 unspecified atom stereocenters. The van der Waals surface area contributed by atoms with Crippen molar-refractivity contribution in [3.8, 4) is 0 Å². The van der Waals surface area contributed by atoms with Crippen molar-refractivity contribution < 1.29 is 47.1 Å². The predicted molar refractivity (Wildman–Crippen MR) is 177 cm³/mol. The van der Waals surface area contributed by atoms with Crippen molar-refractivity contribution in [2.75, 3.05) is 67.6 Å². The molecule has 10 heteroatoms. The van der Waals surface area contributed by atoms with Crippen LogP contribution in [0.2, 0.25) is 0 Å². The number of esters is 4. The van der Waals surface area contributed by atoms with Crippen LogP contribution in [-0.2, 0) is 38.1 Å². The summed E-state index contributed by atoms with van der Waals surface area (Å²) in [6.45, 7) is 14.8. The van der Waals surface area contributed by atoms with Crippen LogP contribution >= 0.6 is 0 Å². The molecule has 0 radical (unpaired) electrons. The van der Waals surface area contributed by atoms with Gasteiger partial charge in [-0.25, -0.2) is 9.59 Å². The van der Waals surface area contributed by atoms with E-state index < -0.39 is 11.9 Å². The minimum absolute atomic E-state index is 0.0386. The highest BCUT2D eigenvalue weighted by molar-refractivity contribution is 5.77. The molecule has 0 saturated heterocycles. The van der Waals surface area contributed by atoms with E-state index in [1.54, 1.807) is 0 Å². The Labute approximate surface area is 279 Å². The zero-order valence-corrected chi connectivity index (χ0v) is 30.7. The topological polar surface area (TPSA) is 105 Å². The number of carbonyl (C=O) groups is 4. The fourth-order valence-corrected chi connectivity index (χ4v) is 6.93. The third-order valence-corrected chi connectivity index (χ3v) is 10.1. The van der Waals surface area contributed by atoms with E-state index in [1.165, 1.54) is 12.8 Å². The van der Waals surface area contributed by atoms with Crippen LogP contribution < -0.4 is 0 Å². The number of hydrogen-bond acceptors (Lipinski definition) is 8. The van der Waals surface area contributed by atoms with Crippen molar-refractivity contribution in [2.24, 2.45) is 35.5 Å². The Morgan fingerprint density at radius 1 is 0.587 bits per heavy atom. The van der Waals surface area contributed by atoms with Crippen LogP contribution in [0.4, 0.5) is 0 Å². The molecule has 2 saturated carbocycles. The Morgan fingerprint density at radius 3 is 1.26 bits per heavy atom. The molecule has 0 amide bonds. The summed E-state index contributed by atoms with van der Waals surface area (Å²) in [4.78, 5) is 50.1. The summed E-state index contributed by atoms with van der Waals surface area (Å²) in [5, 5.41) is 0. The summed E-state index contributed by atoms with van der Waals surface area (Å²) in [6.07, 6.45) is 6.12. The molecular weight excluding hydrogens is 588 g/mol. The van der Waals surface area contributed by atoms with Gasteiger partial charge in [0.05, 0.1) is 41.0 Å². The third kappa shape index (κ3) is 14.7. The average molecular weight is 655 g/mol. The maximum atomic E-state index is 12.8. The molecule has 0 spiro atoms. The van der Waals surface area contributed by atoms with Crippen molar-refractivity contribution in [1.29, 1.82) is 0 Å². The number of likely N-dealkylation sites (N-methyl/N-ethyl adjacent to an activating group) is 2. The molecule has 0 aliphatic heterocycles. The van der Waals surface area contributed by atoms with Crippen molar-refractivity contribution in [2.45, 2.75) is 105 Å². The van der Waals surface area contributed by atoms with Gasteiger partial charge >= 0.3 is 23.9 Å². The number of carbonyl (C=O) groups excluding carboxylic acids is 4. The molecule has 2 rings (SSSR count). The summed E-state index contributed by atoms with van der Waals surface area (Å²) in [5.41, 5.74) is 0. The van der Waals surface area contributed by atoms with Gasteiger partial charge in [0.25, 0.3) is 0 Å². The first-order valence-electron chi connectivity index (χ1n) is 17.7. The minimum Gasteiger partial charge on any atom is -0.460 e. The molecule has 2 aliphatic carbocycles. The first-order chi connectivity index (χ1) is 21.4. The van der Waals surface area contributed by atoms with Gasteiger partial charge in [0.2, 0.25) is 0 Å². The second-order valence-electron chi connectivity index (χ2n) is 16.3. The van der Waals surface area contributed by atoms with Crippen LogP contribution in [-0.4, -0.2) is 113 Å². The van der Waals surface area contributed by atoms with E-state index in [0.717, 1.165) is 25.7 Å². The molecule has 266 valence electrons. The van der Waals surface area contributed by atoms with Gasteiger partial charge in [-0.3, -0.25) is 9.59 Å². The van der Waals surface area contributed by atoms with Crippen LogP contribution in [0.3, 0.4) is 0 Å². The molecule has 2 aliphatic rings. The zero-order chi connectivity index (χ0) is 34.7. The van der Waals surface area contributed by atoms with E-state index in [0.29, 0.717) is 57.6 Å².